The van der Waals surface area contributed by atoms with E-state index in [2.05, 4.69) is 26.8 Å². The minimum Gasteiger partial charge on any atom is -0.497 e. The summed E-state index contributed by atoms with van der Waals surface area (Å²) in [6, 6.07) is 12.7. The highest BCUT2D eigenvalue weighted by Gasteiger charge is 2.21. The van der Waals surface area contributed by atoms with Crippen LogP contribution in [0.4, 0.5) is 10.8 Å². The zero-order valence-electron chi connectivity index (χ0n) is 13.6. The second kappa shape index (κ2) is 7.92. The Hall–Kier alpha value is -2.33. The first-order valence-corrected chi connectivity index (χ1v) is 9.43. The average Bonchev–Trinajstić information content (AvgIpc) is 3.11. The molecule has 0 aliphatic heterocycles. The van der Waals surface area contributed by atoms with E-state index in [9.17, 15) is 4.79 Å². The Morgan fingerprint density at radius 2 is 2.04 bits per heavy atom. The summed E-state index contributed by atoms with van der Waals surface area (Å²) in [5.74, 6) is 2.12. The van der Waals surface area contributed by atoms with E-state index in [-0.39, 0.29) is 0 Å². The topological polar surface area (TPSA) is 42.4 Å². The van der Waals surface area contributed by atoms with Gasteiger partial charge in [-0.15, -0.1) is 17.8 Å². The highest BCUT2D eigenvalue weighted by atomic mass is 79.9. The van der Waals surface area contributed by atoms with Gasteiger partial charge in [0.2, 0.25) is 0 Å². The number of carbonyl (C=O) groups is 1. The molecule has 26 heavy (non-hydrogen) atoms. The van der Waals surface area contributed by atoms with E-state index in [0.717, 1.165) is 15.7 Å². The van der Waals surface area contributed by atoms with Crippen LogP contribution in [-0.4, -0.2) is 18.0 Å². The van der Waals surface area contributed by atoms with Crippen molar-refractivity contribution in [1.82, 2.24) is 4.98 Å². The van der Waals surface area contributed by atoms with Gasteiger partial charge in [0.15, 0.2) is 5.13 Å². The van der Waals surface area contributed by atoms with E-state index in [1.807, 2.05) is 29.6 Å². The van der Waals surface area contributed by atoms with Crippen LogP contribution in [0.1, 0.15) is 0 Å². The molecule has 130 valence electrons. The summed E-state index contributed by atoms with van der Waals surface area (Å²) in [5.41, 5.74) is 2.18. The molecule has 0 radical (unpaired) electrons. The Labute approximate surface area is 168 Å². The Morgan fingerprint density at radius 1 is 1.31 bits per heavy atom. The van der Waals surface area contributed by atoms with Gasteiger partial charge in [0.05, 0.1) is 18.5 Å². The fourth-order valence-corrected chi connectivity index (χ4v) is 3.63. The number of thiazole rings is 1. The number of nitrogens with zero attached hydrogens (tertiary/aromatic N) is 2. The van der Waals surface area contributed by atoms with Crippen LogP contribution in [0.2, 0.25) is 5.02 Å². The normalized spacial score (nSPS) is 10.2. The molecule has 7 heteroatoms. The lowest BCUT2D eigenvalue weighted by atomic mass is 10.2. The van der Waals surface area contributed by atoms with Crippen LogP contribution in [0.15, 0.2) is 52.3 Å². The minimum absolute atomic E-state index is 0.430. The molecular weight excluding hydrogens is 436 g/mol. The number of hydrogen-bond donors (Lipinski definition) is 0. The number of aromatic nitrogens is 1. The van der Waals surface area contributed by atoms with Crippen LogP contribution in [0.25, 0.3) is 11.3 Å². The molecule has 0 atom stereocenters. The van der Waals surface area contributed by atoms with Gasteiger partial charge in [-0.1, -0.05) is 39.7 Å². The third-order valence-electron chi connectivity index (χ3n) is 3.50. The fraction of sp³-hybridized carbons (Fsp3) is 0.0526. The lowest BCUT2D eigenvalue weighted by Crippen LogP contribution is -2.24. The first-order chi connectivity index (χ1) is 12.5. The molecule has 0 aliphatic rings. The van der Waals surface area contributed by atoms with Crippen molar-refractivity contribution < 1.29 is 9.53 Å². The molecule has 0 saturated heterocycles. The lowest BCUT2D eigenvalue weighted by molar-refractivity contribution is -0.112. The second-order valence-electron chi connectivity index (χ2n) is 5.16. The molecule has 0 unspecified atom stereocenters. The van der Waals surface area contributed by atoms with E-state index in [1.165, 1.54) is 23.3 Å². The van der Waals surface area contributed by atoms with Crippen molar-refractivity contribution in [1.29, 1.82) is 0 Å². The molecule has 1 aromatic heterocycles. The summed E-state index contributed by atoms with van der Waals surface area (Å²) < 4.78 is 6.20. The maximum Gasteiger partial charge on any atom is 0.309 e. The van der Waals surface area contributed by atoms with Crippen molar-refractivity contribution in [3.05, 3.63) is 57.3 Å². The summed E-state index contributed by atoms with van der Waals surface area (Å²) in [6.45, 7) is 0. The van der Waals surface area contributed by atoms with Crippen LogP contribution in [-0.2, 0) is 4.79 Å². The largest absolute Gasteiger partial charge is 0.497 e. The predicted octanol–water partition coefficient (Wildman–Crippen LogP) is 5.53. The minimum atomic E-state index is -0.536. The van der Waals surface area contributed by atoms with Crippen LogP contribution < -0.4 is 9.64 Å². The van der Waals surface area contributed by atoms with Crippen molar-refractivity contribution in [3.63, 3.8) is 0 Å². The molecule has 0 N–H and O–H groups in total. The lowest BCUT2D eigenvalue weighted by Gasteiger charge is -2.18. The van der Waals surface area contributed by atoms with Gasteiger partial charge in [0.25, 0.3) is 0 Å². The molecule has 0 bridgehead atoms. The molecule has 0 saturated carbocycles. The molecule has 3 aromatic rings. The Bertz CT molecular complexity index is 996. The van der Waals surface area contributed by atoms with Crippen molar-refractivity contribution >= 4 is 55.6 Å². The van der Waals surface area contributed by atoms with Crippen LogP contribution in [0.5, 0.6) is 5.75 Å². The molecule has 2 aromatic carbocycles. The van der Waals surface area contributed by atoms with E-state index >= 15 is 0 Å². The van der Waals surface area contributed by atoms with Crippen LogP contribution in [0.3, 0.4) is 0 Å². The molecule has 0 spiro atoms. The number of rotatable bonds is 4. The quantitative estimate of drug-likeness (QED) is 0.494. The Kier molecular flexibility index (Phi) is 5.62. The monoisotopic (exact) mass is 446 g/mol. The van der Waals surface area contributed by atoms with Gasteiger partial charge in [-0.05, 0) is 30.2 Å². The standard InChI is InChI=1S/C19H12BrClN2O2S/c1-3-18(24)23(15-8-14(21)9-16(10-15)25-2)19-22-17(11-26-19)12-4-6-13(20)7-5-12/h1,4-11H,2H3. The Balaban J connectivity index is 2.05. The fourth-order valence-electron chi connectivity index (χ4n) is 2.29. The first kappa shape index (κ1) is 18.5. The third-order valence-corrected chi connectivity index (χ3v) is 5.07. The number of ether oxygens (including phenoxy) is 1. The maximum absolute atomic E-state index is 12.4. The highest BCUT2D eigenvalue weighted by Crippen LogP contribution is 2.35. The summed E-state index contributed by atoms with van der Waals surface area (Å²) in [7, 11) is 1.53. The zero-order chi connectivity index (χ0) is 18.7. The number of halogens is 2. The van der Waals surface area contributed by atoms with Crippen molar-refractivity contribution in [3.8, 4) is 29.4 Å². The number of methoxy groups -OCH3 is 1. The van der Waals surface area contributed by atoms with E-state index in [0.29, 0.717) is 21.6 Å². The average molecular weight is 448 g/mol. The third kappa shape index (κ3) is 3.91. The number of amides is 1. The highest BCUT2D eigenvalue weighted by molar-refractivity contribution is 9.10. The summed E-state index contributed by atoms with van der Waals surface area (Å²) in [5, 5.41) is 2.76. The molecule has 4 nitrogen and oxygen atoms in total. The van der Waals surface area contributed by atoms with Crippen LogP contribution in [0, 0.1) is 12.3 Å². The smallest absolute Gasteiger partial charge is 0.309 e. The molecule has 1 amide bonds. The number of hydrogen-bond acceptors (Lipinski definition) is 4. The number of benzene rings is 2. The van der Waals surface area contributed by atoms with Gasteiger partial charge in [-0.2, -0.15) is 0 Å². The van der Waals surface area contributed by atoms with Crippen molar-refractivity contribution in [2.24, 2.45) is 0 Å². The van der Waals surface area contributed by atoms with Crippen LogP contribution >= 0.6 is 38.9 Å². The van der Waals surface area contributed by atoms with Gasteiger partial charge in [-0.25, -0.2) is 9.88 Å². The molecule has 0 fully saturated rings. The van der Waals surface area contributed by atoms with Gasteiger partial charge in [0.1, 0.15) is 5.75 Å². The first-order valence-electron chi connectivity index (χ1n) is 7.38. The summed E-state index contributed by atoms with van der Waals surface area (Å²) in [4.78, 5) is 18.3. The molecule has 1 heterocycles. The number of terminal acetylenes is 1. The van der Waals surface area contributed by atoms with Crippen molar-refractivity contribution in [2.75, 3.05) is 12.0 Å². The maximum atomic E-state index is 12.4. The van der Waals surface area contributed by atoms with Gasteiger partial charge in [0, 0.05) is 26.5 Å². The van der Waals surface area contributed by atoms with Gasteiger partial charge < -0.3 is 4.74 Å². The Morgan fingerprint density at radius 3 is 2.69 bits per heavy atom. The predicted molar refractivity (Wildman–Crippen MR) is 109 cm³/mol. The second-order valence-corrected chi connectivity index (χ2v) is 7.35. The molecule has 3 rings (SSSR count). The van der Waals surface area contributed by atoms with E-state index in [4.69, 9.17) is 22.8 Å². The van der Waals surface area contributed by atoms with Crippen molar-refractivity contribution in [2.45, 2.75) is 0 Å². The number of carbonyl (C=O) groups excluding carboxylic acids is 1. The zero-order valence-corrected chi connectivity index (χ0v) is 16.7. The summed E-state index contributed by atoms with van der Waals surface area (Å²) in [6.07, 6.45) is 5.36. The molecular formula is C19H12BrClN2O2S. The SMILES string of the molecule is C#CC(=O)N(c1cc(Cl)cc(OC)c1)c1nc(-c2ccc(Br)cc2)cs1. The summed E-state index contributed by atoms with van der Waals surface area (Å²) >= 11 is 10.9. The molecule has 0 aliphatic carbocycles. The van der Waals surface area contributed by atoms with E-state index < -0.39 is 5.91 Å². The number of anilines is 2. The van der Waals surface area contributed by atoms with E-state index in [1.54, 1.807) is 18.2 Å². The van der Waals surface area contributed by atoms with Gasteiger partial charge in [-0.3, -0.25) is 4.79 Å². The van der Waals surface area contributed by atoms with Gasteiger partial charge >= 0.3 is 5.91 Å².